The van der Waals surface area contributed by atoms with Gasteiger partial charge in [-0.2, -0.15) is 0 Å². The van der Waals surface area contributed by atoms with Crippen LogP contribution in [0.2, 0.25) is 0 Å². The third-order valence-electron chi connectivity index (χ3n) is 3.26. The summed E-state index contributed by atoms with van der Waals surface area (Å²) in [6.07, 6.45) is 1.29. The molecular formula is C13H19N. The van der Waals surface area contributed by atoms with Crippen LogP contribution in [0.5, 0.6) is 0 Å². The van der Waals surface area contributed by atoms with Gasteiger partial charge >= 0.3 is 0 Å². The van der Waals surface area contributed by atoms with Crippen LogP contribution in [0, 0.1) is 5.92 Å². The summed E-state index contributed by atoms with van der Waals surface area (Å²) in [4.78, 5) is 0. The van der Waals surface area contributed by atoms with E-state index in [9.17, 15) is 0 Å². The van der Waals surface area contributed by atoms with E-state index in [1.807, 2.05) is 0 Å². The SMILES string of the molecule is CC(C)c1ccc([C@H]2C[C@@H]2CN)cc1. The zero-order chi connectivity index (χ0) is 10.1. The minimum Gasteiger partial charge on any atom is -0.330 e. The lowest BCUT2D eigenvalue weighted by atomic mass is 10.00. The number of hydrogen-bond donors (Lipinski definition) is 1. The molecule has 14 heavy (non-hydrogen) atoms. The van der Waals surface area contributed by atoms with Crippen molar-refractivity contribution in [1.82, 2.24) is 0 Å². The Hall–Kier alpha value is -0.820. The quantitative estimate of drug-likeness (QED) is 0.777. The summed E-state index contributed by atoms with van der Waals surface area (Å²) in [7, 11) is 0. The van der Waals surface area contributed by atoms with Gasteiger partial charge in [0.1, 0.15) is 0 Å². The molecule has 0 unspecified atom stereocenters. The van der Waals surface area contributed by atoms with E-state index in [2.05, 4.69) is 38.1 Å². The molecule has 1 aromatic carbocycles. The van der Waals surface area contributed by atoms with Crippen LogP contribution in [0.4, 0.5) is 0 Å². The maximum absolute atomic E-state index is 5.64. The molecule has 0 bridgehead atoms. The van der Waals surface area contributed by atoms with Crippen LogP contribution >= 0.6 is 0 Å². The lowest BCUT2D eigenvalue weighted by Crippen LogP contribution is -2.01. The second kappa shape index (κ2) is 3.74. The third-order valence-corrected chi connectivity index (χ3v) is 3.26. The molecule has 2 rings (SSSR count). The highest BCUT2D eigenvalue weighted by Crippen LogP contribution is 2.46. The van der Waals surface area contributed by atoms with Gasteiger partial charge in [0.2, 0.25) is 0 Å². The van der Waals surface area contributed by atoms with Crippen molar-refractivity contribution >= 4 is 0 Å². The highest BCUT2D eigenvalue weighted by molar-refractivity contribution is 5.30. The average Bonchev–Trinajstić information content (AvgIpc) is 2.97. The summed E-state index contributed by atoms with van der Waals surface area (Å²) in [5, 5.41) is 0. The van der Waals surface area contributed by atoms with Crippen LogP contribution in [0.1, 0.15) is 43.2 Å². The molecule has 0 saturated heterocycles. The van der Waals surface area contributed by atoms with E-state index in [4.69, 9.17) is 5.73 Å². The Balaban J connectivity index is 2.08. The van der Waals surface area contributed by atoms with Crippen LogP contribution in [0.25, 0.3) is 0 Å². The second-order valence-electron chi connectivity index (χ2n) is 4.66. The van der Waals surface area contributed by atoms with Crippen LogP contribution in [-0.2, 0) is 0 Å². The van der Waals surface area contributed by atoms with Gasteiger partial charge < -0.3 is 5.73 Å². The van der Waals surface area contributed by atoms with E-state index >= 15 is 0 Å². The fraction of sp³-hybridized carbons (Fsp3) is 0.538. The first-order valence-electron chi connectivity index (χ1n) is 5.52. The highest BCUT2D eigenvalue weighted by Gasteiger charge is 2.36. The van der Waals surface area contributed by atoms with Gasteiger partial charge in [-0.25, -0.2) is 0 Å². The summed E-state index contributed by atoms with van der Waals surface area (Å²) in [6, 6.07) is 9.06. The van der Waals surface area contributed by atoms with E-state index in [0.717, 1.165) is 18.4 Å². The first kappa shape index (κ1) is 9.72. The molecule has 76 valence electrons. The Morgan fingerprint density at radius 2 is 1.93 bits per heavy atom. The molecule has 1 aromatic rings. The molecule has 0 spiro atoms. The summed E-state index contributed by atoms with van der Waals surface area (Å²) in [5.41, 5.74) is 8.55. The third kappa shape index (κ3) is 1.83. The van der Waals surface area contributed by atoms with Gasteiger partial charge in [-0.3, -0.25) is 0 Å². The van der Waals surface area contributed by atoms with Crippen LogP contribution in [0.15, 0.2) is 24.3 Å². The van der Waals surface area contributed by atoms with E-state index < -0.39 is 0 Å². The van der Waals surface area contributed by atoms with Gasteiger partial charge in [0.05, 0.1) is 0 Å². The first-order valence-corrected chi connectivity index (χ1v) is 5.52. The van der Waals surface area contributed by atoms with Crippen molar-refractivity contribution in [1.29, 1.82) is 0 Å². The van der Waals surface area contributed by atoms with E-state index in [1.165, 1.54) is 17.5 Å². The van der Waals surface area contributed by atoms with Gasteiger partial charge in [0.15, 0.2) is 0 Å². The Bertz CT molecular complexity index is 300. The zero-order valence-electron chi connectivity index (χ0n) is 9.03. The summed E-state index contributed by atoms with van der Waals surface area (Å²) in [6.45, 7) is 5.31. The number of hydrogen-bond acceptors (Lipinski definition) is 1. The number of rotatable bonds is 3. The number of nitrogens with two attached hydrogens (primary N) is 1. The second-order valence-corrected chi connectivity index (χ2v) is 4.66. The highest BCUT2D eigenvalue weighted by atomic mass is 14.6. The van der Waals surface area contributed by atoms with Gasteiger partial charge in [0, 0.05) is 0 Å². The molecule has 1 saturated carbocycles. The molecule has 2 atom stereocenters. The maximum Gasteiger partial charge on any atom is -0.00428 e. The standard InChI is InChI=1S/C13H19N/c1-9(2)10-3-5-11(6-4-10)13-7-12(13)8-14/h3-6,9,12-13H,7-8,14H2,1-2H3/t12-,13-/m1/s1. The topological polar surface area (TPSA) is 26.0 Å². The minimum atomic E-state index is 0.633. The lowest BCUT2D eigenvalue weighted by Gasteiger charge is -2.06. The van der Waals surface area contributed by atoms with Crippen molar-refractivity contribution in [2.75, 3.05) is 6.54 Å². The normalized spacial score (nSPS) is 25.4. The fourth-order valence-corrected chi connectivity index (χ4v) is 2.04. The Kier molecular flexibility index (Phi) is 2.60. The molecule has 0 aliphatic heterocycles. The maximum atomic E-state index is 5.64. The van der Waals surface area contributed by atoms with Gasteiger partial charge in [-0.1, -0.05) is 38.1 Å². The van der Waals surface area contributed by atoms with Crippen molar-refractivity contribution in [2.45, 2.75) is 32.1 Å². The average molecular weight is 189 g/mol. The molecule has 0 radical (unpaired) electrons. The Labute approximate surface area is 86.3 Å². The van der Waals surface area contributed by atoms with E-state index in [-0.39, 0.29) is 0 Å². The summed E-state index contributed by atoms with van der Waals surface area (Å²) in [5.74, 6) is 2.13. The van der Waals surface area contributed by atoms with E-state index in [0.29, 0.717) is 5.92 Å². The molecule has 0 aromatic heterocycles. The molecule has 1 nitrogen and oxygen atoms in total. The Morgan fingerprint density at radius 1 is 1.29 bits per heavy atom. The van der Waals surface area contributed by atoms with Gasteiger partial charge in [-0.15, -0.1) is 0 Å². The van der Waals surface area contributed by atoms with Crippen LogP contribution in [-0.4, -0.2) is 6.54 Å². The predicted molar refractivity (Wildman–Crippen MR) is 60.4 cm³/mol. The monoisotopic (exact) mass is 189 g/mol. The molecular weight excluding hydrogens is 170 g/mol. The van der Waals surface area contributed by atoms with Gasteiger partial charge in [-0.05, 0) is 41.8 Å². The molecule has 1 fully saturated rings. The summed E-state index contributed by atoms with van der Waals surface area (Å²) < 4.78 is 0. The molecule has 0 heterocycles. The van der Waals surface area contributed by atoms with Crippen LogP contribution < -0.4 is 5.73 Å². The van der Waals surface area contributed by atoms with Crippen molar-refractivity contribution in [3.8, 4) is 0 Å². The minimum absolute atomic E-state index is 0.633. The molecule has 1 heteroatoms. The van der Waals surface area contributed by atoms with Crippen molar-refractivity contribution in [2.24, 2.45) is 11.7 Å². The predicted octanol–water partition coefficient (Wildman–Crippen LogP) is 2.87. The smallest absolute Gasteiger partial charge is 0.00428 e. The van der Waals surface area contributed by atoms with Crippen LogP contribution in [0.3, 0.4) is 0 Å². The van der Waals surface area contributed by atoms with E-state index in [1.54, 1.807) is 0 Å². The molecule has 0 amide bonds. The lowest BCUT2D eigenvalue weighted by molar-refractivity contribution is 0.808. The first-order chi connectivity index (χ1) is 6.72. The van der Waals surface area contributed by atoms with Gasteiger partial charge in [0.25, 0.3) is 0 Å². The fourth-order valence-electron chi connectivity index (χ4n) is 2.04. The summed E-state index contributed by atoms with van der Waals surface area (Å²) >= 11 is 0. The molecule has 1 aliphatic rings. The van der Waals surface area contributed by atoms with Crippen molar-refractivity contribution in [3.05, 3.63) is 35.4 Å². The Morgan fingerprint density at radius 3 is 2.36 bits per heavy atom. The number of benzene rings is 1. The molecule has 2 N–H and O–H groups in total. The zero-order valence-corrected chi connectivity index (χ0v) is 9.03. The van der Waals surface area contributed by atoms with Crippen molar-refractivity contribution < 1.29 is 0 Å². The largest absolute Gasteiger partial charge is 0.330 e. The molecule has 1 aliphatic carbocycles. The van der Waals surface area contributed by atoms with Crippen molar-refractivity contribution in [3.63, 3.8) is 0 Å².